The van der Waals surface area contributed by atoms with Crippen LogP contribution in [0.3, 0.4) is 0 Å². The number of benzene rings is 1. The van der Waals surface area contributed by atoms with Crippen molar-refractivity contribution in [1.82, 2.24) is 4.98 Å². The summed E-state index contributed by atoms with van der Waals surface area (Å²) in [6.07, 6.45) is 3.90. The topological polar surface area (TPSA) is 41.8 Å². The van der Waals surface area contributed by atoms with Gasteiger partial charge in [-0.25, -0.2) is 0 Å². The van der Waals surface area contributed by atoms with Gasteiger partial charge in [-0.2, -0.15) is 0 Å². The van der Waals surface area contributed by atoms with E-state index >= 15 is 0 Å². The number of para-hydroxylation sites is 1. The van der Waals surface area contributed by atoms with E-state index in [0.717, 1.165) is 23.4 Å². The van der Waals surface area contributed by atoms with E-state index in [0.29, 0.717) is 0 Å². The van der Waals surface area contributed by atoms with E-state index in [-0.39, 0.29) is 6.04 Å². The largest absolute Gasteiger partial charge is 0.360 e. The number of aromatic nitrogens is 1. The molecule has 0 saturated carbocycles. The van der Waals surface area contributed by atoms with Gasteiger partial charge >= 0.3 is 0 Å². The number of hydrogen-bond donors (Lipinski definition) is 2. The summed E-state index contributed by atoms with van der Waals surface area (Å²) in [5.41, 5.74) is 8.21. The minimum absolute atomic E-state index is 0.225. The molecule has 2 rings (SSSR count). The smallest absolute Gasteiger partial charge is 0.0647 e. The van der Waals surface area contributed by atoms with E-state index < -0.39 is 0 Å². The third kappa shape index (κ3) is 2.01. The van der Waals surface area contributed by atoms with Gasteiger partial charge in [0.05, 0.1) is 10.5 Å². The second-order valence-electron chi connectivity index (χ2n) is 3.85. The first-order chi connectivity index (χ1) is 7.22. The summed E-state index contributed by atoms with van der Waals surface area (Å²) in [7, 11) is 0. The Labute approximate surface area is 94.4 Å². The van der Waals surface area contributed by atoms with Gasteiger partial charge in [-0.15, -0.1) is 0 Å². The average Bonchev–Trinajstić information content (AvgIpc) is 2.63. The van der Waals surface area contributed by atoms with Crippen molar-refractivity contribution in [2.45, 2.75) is 25.8 Å². The van der Waals surface area contributed by atoms with Gasteiger partial charge in [0.1, 0.15) is 0 Å². The monoisotopic (exact) mass is 222 g/mol. The number of halogens is 1. The summed E-state index contributed by atoms with van der Waals surface area (Å²) in [6.45, 7) is 2.10. The number of nitrogens with two attached hydrogens (primary N) is 1. The lowest BCUT2D eigenvalue weighted by Gasteiger charge is -2.06. The second kappa shape index (κ2) is 4.25. The molecule has 0 aliphatic carbocycles. The molecular formula is C12H15ClN2. The van der Waals surface area contributed by atoms with Crippen molar-refractivity contribution in [3.05, 3.63) is 35.0 Å². The number of H-pyrrole nitrogens is 1. The predicted octanol–water partition coefficient (Wildman–Crippen LogP) is 3.10. The summed E-state index contributed by atoms with van der Waals surface area (Å²) >= 11 is 6.08. The van der Waals surface area contributed by atoms with Crippen LogP contribution >= 0.6 is 11.6 Å². The standard InChI is InChI=1S/C12H15ClN2/c1-2-9(14)6-8-7-15-12-10(8)4-3-5-11(12)13/h3-5,7,9,15H,2,6,14H2,1H3. The van der Waals surface area contributed by atoms with Crippen LogP contribution in [-0.4, -0.2) is 11.0 Å². The van der Waals surface area contributed by atoms with Crippen LogP contribution in [-0.2, 0) is 6.42 Å². The Kier molecular flexibility index (Phi) is 2.98. The van der Waals surface area contributed by atoms with E-state index in [1.165, 1.54) is 10.9 Å². The Balaban J connectivity index is 2.41. The molecule has 2 nitrogen and oxygen atoms in total. The third-order valence-corrected chi connectivity index (χ3v) is 3.07. The number of nitrogens with one attached hydrogen (secondary N) is 1. The molecule has 3 N–H and O–H groups in total. The van der Waals surface area contributed by atoms with Crippen LogP contribution < -0.4 is 5.73 Å². The first-order valence-electron chi connectivity index (χ1n) is 5.22. The van der Waals surface area contributed by atoms with E-state index in [2.05, 4.69) is 18.0 Å². The molecule has 0 aliphatic rings. The highest BCUT2D eigenvalue weighted by Crippen LogP contribution is 2.25. The SMILES string of the molecule is CCC(N)Cc1c[nH]c2c(Cl)cccc12. The van der Waals surface area contributed by atoms with E-state index in [1.807, 2.05) is 18.3 Å². The summed E-state index contributed by atoms with van der Waals surface area (Å²) in [4.78, 5) is 3.20. The Hall–Kier alpha value is -0.990. The molecule has 3 heteroatoms. The quantitative estimate of drug-likeness (QED) is 0.824. The van der Waals surface area contributed by atoms with Gasteiger partial charge in [0.2, 0.25) is 0 Å². The van der Waals surface area contributed by atoms with E-state index in [1.54, 1.807) is 0 Å². The van der Waals surface area contributed by atoms with Crippen molar-refractivity contribution in [3.63, 3.8) is 0 Å². The fourth-order valence-electron chi connectivity index (χ4n) is 1.77. The zero-order valence-corrected chi connectivity index (χ0v) is 9.51. The molecule has 0 saturated heterocycles. The molecule has 80 valence electrons. The molecule has 0 radical (unpaired) electrons. The molecular weight excluding hydrogens is 208 g/mol. The summed E-state index contributed by atoms with van der Waals surface area (Å²) in [5, 5.41) is 1.95. The summed E-state index contributed by atoms with van der Waals surface area (Å²) in [6, 6.07) is 6.17. The molecule has 0 amide bonds. The lowest BCUT2D eigenvalue weighted by molar-refractivity contribution is 0.648. The lowest BCUT2D eigenvalue weighted by atomic mass is 10.0. The van der Waals surface area contributed by atoms with Gasteiger partial charge in [-0.1, -0.05) is 30.7 Å². The number of fused-ring (bicyclic) bond motifs is 1. The Morgan fingerprint density at radius 1 is 1.47 bits per heavy atom. The van der Waals surface area contributed by atoms with Crippen molar-refractivity contribution >= 4 is 22.5 Å². The van der Waals surface area contributed by atoms with E-state index in [4.69, 9.17) is 17.3 Å². The summed E-state index contributed by atoms with van der Waals surface area (Å²) in [5.74, 6) is 0. The maximum absolute atomic E-state index is 6.08. The summed E-state index contributed by atoms with van der Waals surface area (Å²) < 4.78 is 0. The highest BCUT2D eigenvalue weighted by molar-refractivity contribution is 6.35. The predicted molar refractivity (Wildman–Crippen MR) is 65.3 cm³/mol. The maximum Gasteiger partial charge on any atom is 0.0647 e. The van der Waals surface area contributed by atoms with Crippen LogP contribution in [0.4, 0.5) is 0 Å². The normalized spacial score (nSPS) is 13.3. The van der Waals surface area contributed by atoms with Crippen LogP contribution in [0.25, 0.3) is 10.9 Å². The van der Waals surface area contributed by atoms with Crippen molar-refractivity contribution in [3.8, 4) is 0 Å². The minimum atomic E-state index is 0.225. The molecule has 0 spiro atoms. The fraction of sp³-hybridized carbons (Fsp3) is 0.333. The molecule has 1 atom stereocenters. The second-order valence-corrected chi connectivity index (χ2v) is 4.26. The van der Waals surface area contributed by atoms with Gasteiger partial charge in [0.25, 0.3) is 0 Å². The van der Waals surface area contributed by atoms with Crippen LogP contribution in [0.5, 0.6) is 0 Å². The lowest BCUT2D eigenvalue weighted by Crippen LogP contribution is -2.21. The minimum Gasteiger partial charge on any atom is -0.360 e. The number of hydrogen-bond acceptors (Lipinski definition) is 1. The van der Waals surface area contributed by atoms with Crippen molar-refractivity contribution in [2.75, 3.05) is 0 Å². The zero-order chi connectivity index (χ0) is 10.8. The molecule has 1 aromatic carbocycles. The van der Waals surface area contributed by atoms with Gasteiger partial charge in [-0.05, 0) is 24.5 Å². The zero-order valence-electron chi connectivity index (χ0n) is 8.76. The van der Waals surface area contributed by atoms with Crippen molar-refractivity contribution in [2.24, 2.45) is 5.73 Å². The van der Waals surface area contributed by atoms with Crippen LogP contribution in [0.1, 0.15) is 18.9 Å². The van der Waals surface area contributed by atoms with E-state index in [9.17, 15) is 0 Å². The Morgan fingerprint density at radius 2 is 2.27 bits per heavy atom. The molecule has 1 aromatic heterocycles. The van der Waals surface area contributed by atoms with Crippen LogP contribution in [0, 0.1) is 0 Å². The number of rotatable bonds is 3. The molecule has 0 bridgehead atoms. The first-order valence-corrected chi connectivity index (χ1v) is 5.60. The van der Waals surface area contributed by atoms with Crippen molar-refractivity contribution < 1.29 is 0 Å². The Bertz CT molecular complexity index is 462. The number of aromatic amines is 1. The molecule has 0 aliphatic heterocycles. The fourth-order valence-corrected chi connectivity index (χ4v) is 2.00. The van der Waals surface area contributed by atoms with Crippen LogP contribution in [0.2, 0.25) is 5.02 Å². The maximum atomic E-state index is 6.08. The average molecular weight is 223 g/mol. The van der Waals surface area contributed by atoms with Crippen LogP contribution in [0.15, 0.2) is 24.4 Å². The van der Waals surface area contributed by atoms with Gasteiger partial charge in [0, 0.05) is 17.6 Å². The first kappa shape index (κ1) is 10.5. The van der Waals surface area contributed by atoms with Gasteiger partial charge in [-0.3, -0.25) is 0 Å². The molecule has 0 fully saturated rings. The molecule has 15 heavy (non-hydrogen) atoms. The molecule has 1 heterocycles. The van der Waals surface area contributed by atoms with Gasteiger partial charge < -0.3 is 10.7 Å². The van der Waals surface area contributed by atoms with Gasteiger partial charge in [0.15, 0.2) is 0 Å². The highest BCUT2D eigenvalue weighted by atomic mass is 35.5. The third-order valence-electron chi connectivity index (χ3n) is 2.76. The Morgan fingerprint density at radius 3 is 3.00 bits per heavy atom. The molecule has 2 aromatic rings. The highest BCUT2D eigenvalue weighted by Gasteiger charge is 2.08. The van der Waals surface area contributed by atoms with Crippen molar-refractivity contribution in [1.29, 1.82) is 0 Å². The molecule has 1 unspecified atom stereocenters.